The molecule has 1 fully saturated rings. The number of benzene rings is 1. The lowest BCUT2D eigenvalue weighted by Crippen LogP contribution is -2.40. The molecule has 2 rings (SSSR count). The van der Waals surface area contributed by atoms with Gasteiger partial charge in [-0.1, -0.05) is 12.1 Å². The van der Waals surface area contributed by atoms with Crippen LogP contribution in [0.15, 0.2) is 24.3 Å². The molecule has 1 N–H and O–H groups in total. The molecule has 0 radical (unpaired) electrons. The van der Waals surface area contributed by atoms with Gasteiger partial charge in [-0.25, -0.2) is 0 Å². The van der Waals surface area contributed by atoms with Crippen molar-refractivity contribution in [3.63, 3.8) is 0 Å². The van der Waals surface area contributed by atoms with E-state index in [1.54, 1.807) is 19.2 Å². The third kappa shape index (κ3) is 8.17. The molecule has 1 aromatic carbocycles. The van der Waals surface area contributed by atoms with E-state index in [1.165, 1.54) is 6.07 Å². The highest BCUT2D eigenvalue weighted by Gasteiger charge is 2.28. The van der Waals surface area contributed by atoms with Crippen LogP contribution in [0.5, 0.6) is 5.75 Å². The van der Waals surface area contributed by atoms with Crippen molar-refractivity contribution in [2.45, 2.75) is 32.0 Å². The fourth-order valence-electron chi connectivity index (χ4n) is 3.08. The molecule has 8 heteroatoms. The van der Waals surface area contributed by atoms with Crippen molar-refractivity contribution >= 4 is 5.91 Å². The molecule has 1 saturated heterocycles. The second-order valence-corrected chi connectivity index (χ2v) is 6.74. The number of nitrogens with one attached hydrogen (secondary N) is 1. The number of piperidine rings is 1. The average molecular weight is 388 g/mol. The number of hydrogen-bond acceptors (Lipinski definition) is 4. The summed E-state index contributed by atoms with van der Waals surface area (Å²) < 4.78 is 46.5. The van der Waals surface area contributed by atoms with E-state index in [4.69, 9.17) is 9.47 Å². The van der Waals surface area contributed by atoms with Crippen LogP contribution in [0.25, 0.3) is 0 Å². The number of likely N-dealkylation sites (tertiary alicyclic amines) is 1. The molecule has 0 unspecified atom stereocenters. The quantitative estimate of drug-likeness (QED) is 0.661. The van der Waals surface area contributed by atoms with E-state index in [0.717, 1.165) is 37.9 Å². The van der Waals surface area contributed by atoms with Gasteiger partial charge < -0.3 is 14.8 Å². The van der Waals surface area contributed by atoms with Crippen molar-refractivity contribution in [2.75, 3.05) is 40.0 Å². The molecule has 0 saturated carbocycles. The SMILES string of the molecule is COCCCNC(=O)C1CCN(Cc2cccc(OCC(F)(F)F)c2)CC1. The molecule has 1 aliphatic rings. The summed E-state index contributed by atoms with van der Waals surface area (Å²) in [5.74, 6) is 0.327. The van der Waals surface area contributed by atoms with E-state index in [1.807, 2.05) is 6.07 Å². The van der Waals surface area contributed by atoms with Gasteiger partial charge in [0.05, 0.1) is 0 Å². The van der Waals surface area contributed by atoms with Gasteiger partial charge in [0.1, 0.15) is 5.75 Å². The van der Waals surface area contributed by atoms with Crippen LogP contribution >= 0.6 is 0 Å². The third-order valence-corrected chi connectivity index (χ3v) is 4.49. The monoisotopic (exact) mass is 388 g/mol. The number of hydrogen-bond donors (Lipinski definition) is 1. The zero-order valence-corrected chi connectivity index (χ0v) is 15.6. The van der Waals surface area contributed by atoms with Gasteiger partial charge in [0, 0.05) is 32.7 Å². The summed E-state index contributed by atoms with van der Waals surface area (Å²) in [6.45, 7) is 2.16. The number of carbonyl (C=O) groups is 1. The Kier molecular flexibility index (Phi) is 8.37. The molecule has 0 atom stereocenters. The standard InChI is InChI=1S/C19H27F3N2O3/c1-26-11-3-8-23-18(25)16-6-9-24(10-7-16)13-15-4-2-5-17(12-15)27-14-19(20,21)22/h2,4-5,12,16H,3,6-11,13-14H2,1H3,(H,23,25). The molecule has 0 aliphatic carbocycles. The predicted molar refractivity (Wildman–Crippen MR) is 95.5 cm³/mol. The minimum absolute atomic E-state index is 0.0187. The Hall–Kier alpha value is -1.80. The molecule has 0 aromatic heterocycles. The van der Waals surface area contributed by atoms with Crippen LogP contribution in [0.2, 0.25) is 0 Å². The van der Waals surface area contributed by atoms with Gasteiger partial charge in [-0.05, 0) is 50.0 Å². The molecular weight excluding hydrogens is 361 g/mol. The van der Waals surface area contributed by atoms with Crippen LogP contribution in [0.1, 0.15) is 24.8 Å². The maximum atomic E-state index is 12.3. The van der Waals surface area contributed by atoms with E-state index in [9.17, 15) is 18.0 Å². The predicted octanol–water partition coefficient (Wildman–Crippen LogP) is 2.99. The molecule has 1 aliphatic heterocycles. The highest BCUT2D eigenvalue weighted by molar-refractivity contribution is 5.78. The van der Waals surface area contributed by atoms with Crippen molar-refractivity contribution in [2.24, 2.45) is 5.92 Å². The Labute approximate surface area is 157 Å². The van der Waals surface area contributed by atoms with Gasteiger partial charge in [0.2, 0.25) is 5.91 Å². The van der Waals surface area contributed by atoms with Gasteiger partial charge in [-0.15, -0.1) is 0 Å². The van der Waals surface area contributed by atoms with Gasteiger partial charge in [-0.2, -0.15) is 13.2 Å². The molecule has 1 heterocycles. The summed E-state index contributed by atoms with van der Waals surface area (Å²) in [5.41, 5.74) is 0.900. The lowest BCUT2D eigenvalue weighted by Gasteiger charge is -2.31. The Morgan fingerprint density at radius 1 is 1.30 bits per heavy atom. The number of ether oxygens (including phenoxy) is 2. The second kappa shape index (κ2) is 10.5. The first kappa shape index (κ1) is 21.5. The zero-order valence-electron chi connectivity index (χ0n) is 15.6. The fraction of sp³-hybridized carbons (Fsp3) is 0.632. The second-order valence-electron chi connectivity index (χ2n) is 6.74. The van der Waals surface area contributed by atoms with Crippen molar-refractivity contribution in [1.82, 2.24) is 10.2 Å². The number of nitrogens with zero attached hydrogens (tertiary/aromatic N) is 1. The Bertz CT molecular complexity index is 588. The van der Waals surface area contributed by atoms with Crippen molar-refractivity contribution < 1.29 is 27.4 Å². The number of carbonyl (C=O) groups excluding carboxylic acids is 1. The van der Waals surface area contributed by atoms with Crippen LogP contribution in [0.4, 0.5) is 13.2 Å². The number of amides is 1. The molecule has 1 amide bonds. The minimum Gasteiger partial charge on any atom is -0.484 e. The number of methoxy groups -OCH3 is 1. The lowest BCUT2D eigenvalue weighted by atomic mass is 9.95. The van der Waals surface area contributed by atoms with Crippen LogP contribution in [-0.4, -0.2) is 56.9 Å². The minimum atomic E-state index is -4.35. The van der Waals surface area contributed by atoms with Crippen molar-refractivity contribution in [3.8, 4) is 5.75 Å². The highest BCUT2D eigenvalue weighted by atomic mass is 19.4. The number of rotatable bonds is 9. The third-order valence-electron chi connectivity index (χ3n) is 4.49. The Balaban J connectivity index is 1.74. The number of halogens is 3. The van der Waals surface area contributed by atoms with Crippen LogP contribution < -0.4 is 10.1 Å². The molecule has 5 nitrogen and oxygen atoms in total. The highest BCUT2D eigenvalue weighted by Crippen LogP contribution is 2.22. The molecule has 0 spiro atoms. The Morgan fingerprint density at radius 3 is 2.70 bits per heavy atom. The first-order chi connectivity index (χ1) is 12.9. The van der Waals surface area contributed by atoms with Crippen molar-refractivity contribution in [3.05, 3.63) is 29.8 Å². The summed E-state index contributed by atoms with van der Waals surface area (Å²) in [6.07, 6.45) is -1.99. The molecule has 0 bridgehead atoms. The summed E-state index contributed by atoms with van der Waals surface area (Å²) in [5, 5.41) is 2.94. The maximum absolute atomic E-state index is 12.3. The van der Waals surface area contributed by atoms with Gasteiger partial charge in [-0.3, -0.25) is 9.69 Å². The molecular formula is C19H27F3N2O3. The van der Waals surface area contributed by atoms with E-state index in [-0.39, 0.29) is 17.6 Å². The first-order valence-electron chi connectivity index (χ1n) is 9.15. The molecule has 152 valence electrons. The normalized spacial score (nSPS) is 16.3. The summed E-state index contributed by atoms with van der Waals surface area (Å²) in [6, 6.07) is 6.73. The molecule has 1 aromatic rings. The smallest absolute Gasteiger partial charge is 0.422 e. The first-order valence-corrected chi connectivity index (χ1v) is 9.15. The zero-order chi connectivity index (χ0) is 19.7. The topological polar surface area (TPSA) is 50.8 Å². The molecule has 27 heavy (non-hydrogen) atoms. The van der Waals surface area contributed by atoms with Gasteiger partial charge >= 0.3 is 6.18 Å². The Morgan fingerprint density at radius 2 is 2.04 bits per heavy atom. The van der Waals surface area contributed by atoms with E-state index in [2.05, 4.69) is 10.2 Å². The summed E-state index contributed by atoms with van der Waals surface area (Å²) in [4.78, 5) is 14.4. The van der Waals surface area contributed by atoms with E-state index < -0.39 is 12.8 Å². The van der Waals surface area contributed by atoms with E-state index in [0.29, 0.717) is 19.7 Å². The lowest BCUT2D eigenvalue weighted by molar-refractivity contribution is -0.153. The van der Waals surface area contributed by atoms with Gasteiger partial charge in [0.25, 0.3) is 0 Å². The van der Waals surface area contributed by atoms with Crippen LogP contribution in [0, 0.1) is 5.92 Å². The largest absolute Gasteiger partial charge is 0.484 e. The summed E-state index contributed by atoms with van der Waals surface area (Å²) in [7, 11) is 1.63. The summed E-state index contributed by atoms with van der Waals surface area (Å²) >= 11 is 0. The number of alkyl halides is 3. The van der Waals surface area contributed by atoms with Crippen LogP contribution in [0.3, 0.4) is 0 Å². The van der Waals surface area contributed by atoms with Crippen LogP contribution in [-0.2, 0) is 16.1 Å². The van der Waals surface area contributed by atoms with Gasteiger partial charge in [0.15, 0.2) is 6.61 Å². The van der Waals surface area contributed by atoms with Crippen molar-refractivity contribution in [1.29, 1.82) is 0 Å². The fourth-order valence-corrected chi connectivity index (χ4v) is 3.08. The average Bonchev–Trinajstić information content (AvgIpc) is 2.64. The van der Waals surface area contributed by atoms with E-state index >= 15 is 0 Å². The maximum Gasteiger partial charge on any atom is 0.422 e.